The van der Waals surface area contributed by atoms with E-state index in [-0.39, 0.29) is 0 Å². The van der Waals surface area contributed by atoms with Crippen LogP contribution in [0.2, 0.25) is 15.1 Å². The SMILES string of the molecule is Clc1cc(Cl)c(CNC2CCN(c3ncc(Br)cn3)C2)cc1Cl. The first kappa shape index (κ1) is 17.2. The molecule has 1 fully saturated rings. The summed E-state index contributed by atoms with van der Waals surface area (Å²) < 4.78 is 0.879. The number of nitrogens with one attached hydrogen (secondary N) is 1. The minimum absolute atomic E-state index is 0.354. The monoisotopic (exact) mass is 434 g/mol. The Kier molecular flexibility index (Phi) is 5.65. The van der Waals surface area contributed by atoms with E-state index < -0.39 is 0 Å². The van der Waals surface area contributed by atoms with Crippen LogP contribution in [0, 0.1) is 0 Å². The van der Waals surface area contributed by atoms with E-state index in [9.17, 15) is 0 Å². The second-order valence-electron chi connectivity index (χ2n) is 5.37. The number of hydrogen-bond donors (Lipinski definition) is 1. The van der Waals surface area contributed by atoms with Gasteiger partial charge in [-0.15, -0.1) is 0 Å². The summed E-state index contributed by atoms with van der Waals surface area (Å²) in [5.41, 5.74) is 0.944. The van der Waals surface area contributed by atoms with Gasteiger partial charge in [-0.05, 0) is 40.0 Å². The van der Waals surface area contributed by atoms with Crippen molar-refractivity contribution in [3.05, 3.63) is 49.6 Å². The van der Waals surface area contributed by atoms with E-state index in [4.69, 9.17) is 34.8 Å². The molecule has 1 aliphatic heterocycles. The largest absolute Gasteiger partial charge is 0.339 e. The zero-order chi connectivity index (χ0) is 16.4. The van der Waals surface area contributed by atoms with Gasteiger partial charge in [0.25, 0.3) is 0 Å². The molecule has 122 valence electrons. The minimum Gasteiger partial charge on any atom is -0.339 e. The summed E-state index contributed by atoms with van der Waals surface area (Å²) in [7, 11) is 0. The molecule has 2 heterocycles. The normalized spacial score (nSPS) is 17.7. The fraction of sp³-hybridized carbons (Fsp3) is 0.333. The molecule has 0 aliphatic carbocycles. The van der Waals surface area contributed by atoms with Crippen molar-refractivity contribution in [1.29, 1.82) is 0 Å². The third-order valence-corrected chi connectivity index (χ3v) is 5.23. The summed E-state index contributed by atoms with van der Waals surface area (Å²) >= 11 is 21.6. The quantitative estimate of drug-likeness (QED) is 0.713. The number of hydrogen-bond acceptors (Lipinski definition) is 4. The second kappa shape index (κ2) is 7.53. The maximum absolute atomic E-state index is 6.21. The molecular weight excluding hydrogens is 422 g/mol. The number of benzene rings is 1. The van der Waals surface area contributed by atoms with E-state index in [1.165, 1.54) is 0 Å². The van der Waals surface area contributed by atoms with Crippen molar-refractivity contribution in [2.24, 2.45) is 0 Å². The Morgan fingerprint density at radius 1 is 1.13 bits per heavy atom. The third kappa shape index (κ3) is 4.28. The molecule has 0 saturated carbocycles. The Morgan fingerprint density at radius 2 is 1.83 bits per heavy atom. The molecule has 8 heteroatoms. The fourth-order valence-electron chi connectivity index (χ4n) is 2.53. The van der Waals surface area contributed by atoms with Gasteiger partial charge >= 0.3 is 0 Å². The second-order valence-corrected chi connectivity index (χ2v) is 7.51. The molecule has 2 aromatic rings. The van der Waals surface area contributed by atoms with E-state index >= 15 is 0 Å². The molecule has 3 rings (SSSR count). The molecule has 1 atom stereocenters. The van der Waals surface area contributed by atoms with Gasteiger partial charge in [0.2, 0.25) is 5.95 Å². The van der Waals surface area contributed by atoms with Gasteiger partial charge in [-0.3, -0.25) is 0 Å². The molecule has 1 aromatic heterocycles. The highest BCUT2D eigenvalue weighted by atomic mass is 79.9. The highest BCUT2D eigenvalue weighted by molar-refractivity contribution is 9.10. The number of nitrogens with zero attached hydrogens (tertiary/aromatic N) is 3. The van der Waals surface area contributed by atoms with Gasteiger partial charge < -0.3 is 10.2 Å². The predicted octanol–water partition coefficient (Wildman–Crippen LogP) is 4.57. The first-order valence-electron chi connectivity index (χ1n) is 7.12. The van der Waals surface area contributed by atoms with E-state index in [2.05, 4.69) is 36.1 Å². The van der Waals surface area contributed by atoms with Crippen LogP contribution < -0.4 is 10.2 Å². The van der Waals surface area contributed by atoms with Gasteiger partial charge in [0.15, 0.2) is 0 Å². The molecule has 1 aliphatic rings. The van der Waals surface area contributed by atoms with E-state index in [0.717, 1.165) is 35.5 Å². The lowest BCUT2D eigenvalue weighted by molar-refractivity contribution is 0.551. The van der Waals surface area contributed by atoms with Crippen LogP contribution in [0.1, 0.15) is 12.0 Å². The molecule has 0 bridgehead atoms. The molecule has 1 saturated heterocycles. The number of rotatable bonds is 4. The molecule has 1 N–H and O–H groups in total. The van der Waals surface area contributed by atoms with Crippen LogP contribution in [-0.2, 0) is 6.54 Å². The van der Waals surface area contributed by atoms with E-state index in [1.807, 2.05) is 6.07 Å². The molecule has 0 radical (unpaired) electrons. The Bertz CT molecular complexity index is 696. The average Bonchev–Trinajstić information content (AvgIpc) is 2.99. The summed E-state index contributed by atoms with van der Waals surface area (Å²) in [5, 5.41) is 5.12. The van der Waals surface area contributed by atoms with Crippen LogP contribution in [-0.4, -0.2) is 29.1 Å². The fourth-order valence-corrected chi connectivity index (χ4v) is 3.37. The highest BCUT2D eigenvalue weighted by Crippen LogP contribution is 2.29. The summed E-state index contributed by atoms with van der Waals surface area (Å²) in [6.45, 7) is 2.43. The zero-order valence-corrected chi connectivity index (χ0v) is 15.9. The lowest BCUT2D eigenvalue weighted by Crippen LogP contribution is -2.32. The average molecular weight is 437 g/mol. The molecule has 0 spiro atoms. The van der Waals surface area contributed by atoms with Crippen LogP contribution in [0.15, 0.2) is 29.0 Å². The van der Waals surface area contributed by atoms with Crippen molar-refractivity contribution in [3.8, 4) is 0 Å². The number of aromatic nitrogens is 2. The maximum atomic E-state index is 6.21. The zero-order valence-electron chi connectivity index (χ0n) is 12.1. The summed E-state index contributed by atoms with van der Waals surface area (Å²) in [5.74, 6) is 0.755. The summed E-state index contributed by atoms with van der Waals surface area (Å²) in [4.78, 5) is 10.8. The van der Waals surface area contributed by atoms with Crippen molar-refractivity contribution < 1.29 is 0 Å². The summed E-state index contributed by atoms with van der Waals surface area (Å²) in [6.07, 6.45) is 4.55. The Morgan fingerprint density at radius 3 is 2.57 bits per heavy atom. The lowest BCUT2D eigenvalue weighted by Gasteiger charge is -2.17. The van der Waals surface area contributed by atoms with Crippen LogP contribution in [0.5, 0.6) is 0 Å². The Hall–Kier alpha value is -0.590. The molecule has 0 amide bonds. The van der Waals surface area contributed by atoms with Gasteiger partial charge in [-0.1, -0.05) is 34.8 Å². The van der Waals surface area contributed by atoms with Crippen molar-refractivity contribution in [3.63, 3.8) is 0 Å². The van der Waals surface area contributed by atoms with Gasteiger partial charge in [0, 0.05) is 43.1 Å². The predicted molar refractivity (Wildman–Crippen MR) is 98.7 cm³/mol. The maximum Gasteiger partial charge on any atom is 0.225 e. The smallest absolute Gasteiger partial charge is 0.225 e. The standard InChI is InChI=1S/C15H14BrCl3N4/c16-10-6-21-15(22-7-10)23-2-1-11(8-23)20-5-9-3-13(18)14(19)4-12(9)17/h3-4,6-7,11,20H,1-2,5,8H2. The summed E-state index contributed by atoms with van der Waals surface area (Å²) in [6, 6.07) is 3.84. The molecular formula is C15H14BrCl3N4. The van der Waals surface area contributed by atoms with Gasteiger partial charge in [0.1, 0.15) is 0 Å². The number of halogens is 4. The van der Waals surface area contributed by atoms with E-state index in [1.54, 1.807) is 18.5 Å². The Balaban J connectivity index is 1.58. The van der Waals surface area contributed by atoms with Crippen molar-refractivity contribution in [1.82, 2.24) is 15.3 Å². The molecule has 4 nitrogen and oxygen atoms in total. The van der Waals surface area contributed by atoms with Crippen LogP contribution in [0.4, 0.5) is 5.95 Å². The van der Waals surface area contributed by atoms with Crippen LogP contribution in [0.3, 0.4) is 0 Å². The first-order valence-corrected chi connectivity index (χ1v) is 9.05. The topological polar surface area (TPSA) is 41.0 Å². The Labute approximate surface area is 158 Å². The van der Waals surface area contributed by atoms with Gasteiger partial charge in [0.05, 0.1) is 14.5 Å². The number of anilines is 1. The first-order chi connectivity index (χ1) is 11.0. The van der Waals surface area contributed by atoms with Gasteiger partial charge in [-0.25, -0.2) is 9.97 Å². The lowest BCUT2D eigenvalue weighted by atomic mass is 10.2. The molecule has 23 heavy (non-hydrogen) atoms. The molecule has 1 aromatic carbocycles. The highest BCUT2D eigenvalue weighted by Gasteiger charge is 2.24. The van der Waals surface area contributed by atoms with E-state index in [0.29, 0.717) is 27.7 Å². The van der Waals surface area contributed by atoms with Crippen LogP contribution >= 0.6 is 50.7 Å². The molecule has 1 unspecified atom stereocenters. The van der Waals surface area contributed by atoms with Crippen molar-refractivity contribution in [2.45, 2.75) is 19.0 Å². The van der Waals surface area contributed by atoms with Gasteiger partial charge in [-0.2, -0.15) is 0 Å². The van der Waals surface area contributed by atoms with Crippen molar-refractivity contribution >= 4 is 56.7 Å². The van der Waals surface area contributed by atoms with Crippen molar-refractivity contribution in [2.75, 3.05) is 18.0 Å². The van der Waals surface area contributed by atoms with Crippen LogP contribution in [0.25, 0.3) is 0 Å². The minimum atomic E-state index is 0.354. The third-order valence-electron chi connectivity index (χ3n) is 3.75.